The third-order valence-corrected chi connectivity index (χ3v) is 3.20. The molecule has 5 nitrogen and oxygen atoms in total. The zero-order valence-electron chi connectivity index (χ0n) is 12.9. The van der Waals surface area contributed by atoms with Crippen molar-refractivity contribution in [2.45, 2.75) is 25.8 Å². The average Bonchev–Trinajstić information content (AvgIpc) is 2.91. The Morgan fingerprint density at radius 3 is 2.71 bits per heavy atom. The zero-order chi connectivity index (χ0) is 14.9. The van der Waals surface area contributed by atoms with Crippen molar-refractivity contribution in [3.05, 3.63) is 47.6 Å². The first-order valence-corrected chi connectivity index (χ1v) is 7.45. The van der Waals surface area contributed by atoms with E-state index in [1.165, 1.54) is 12.0 Å². The van der Waals surface area contributed by atoms with Gasteiger partial charge in [0.15, 0.2) is 5.82 Å². The van der Waals surface area contributed by atoms with Crippen LogP contribution in [0, 0.1) is 0 Å². The molecule has 0 aliphatic rings. The van der Waals surface area contributed by atoms with Crippen molar-refractivity contribution in [1.82, 2.24) is 20.4 Å². The maximum absolute atomic E-state index is 5.25. The molecule has 1 aromatic carbocycles. The van der Waals surface area contributed by atoms with Gasteiger partial charge in [-0.3, -0.25) is 0 Å². The van der Waals surface area contributed by atoms with Gasteiger partial charge in [0.1, 0.15) is 0 Å². The Morgan fingerprint density at radius 1 is 1.14 bits per heavy atom. The number of nitrogens with zero attached hydrogens (tertiary/aromatic N) is 3. The standard InChI is InChI=1S/C16H24N4O/c1-20(2)11-7-6-10-17-13-16-18-15(19-21-16)12-14-8-4-3-5-9-14/h3-5,8-9,17H,6-7,10-13H2,1-2H3. The molecule has 114 valence electrons. The molecule has 0 aliphatic carbocycles. The number of unbranched alkanes of at least 4 members (excludes halogenated alkanes) is 1. The Labute approximate surface area is 126 Å². The fourth-order valence-electron chi connectivity index (χ4n) is 2.09. The lowest BCUT2D eigenvalue weighted by Gasteiger charge is -2.08. The summed E-state index contributed by atoms with van der Waals surface area (Å²) in [5.74, 6) is 1.40. The van der Waals surface area contributed by atoms with E-state index in [1.807, 2.05) is 18.2 Å². The van der Waals surface area contributed by atoms with Gasteiger partial charge in [-0.2, -0.15) is 4.98 Å². The highest BCUT2D eigenvalue weighted by Gasteiger charge is 2.06. The molecule has 2 aromatic rings. The van der Waals surface area contributed by atoms with Crippen LogP contribution >= 0.6 is 0 Å². The molecule has 1 N–H and O–H groups in total. The summed E-state index contributed by atoms with van der Waals surface area (Å²) in [5, 5.41) is 7.35. The minimum absolute atomic E-state index is 0.643. The first-order chi connectivity index (χ1) is 10.2. The molecule has 0 saturated heterocycles. The summed E-state index contributed by atoms with van der Waals surface area (Å²) in [6, 6.07) is 10.2. The smallest absolute Gasteiger partial charge is 0.240 e. The summed E-state index contributed by atoms with van der Waals surface area (Å²) in [6.07, 6.45) is 3.07. The Balaban J connectivity index is 1.66. The average molecular weight is 288 g/mol. The highest BCUT2D eigenvalue weighted by Crippen LogP contribution is 2.06. The predicted octanol–water partition coefficient (Wildman–Crippen LogP) is 2.09. The van der Waals surface area contributed by atoms with E-state index in [1.54, 1.807) is 0 Å². The monoisotopic (exact) mass is 288 g/mol. The fraction of sp³-hybridized carbons (Fsp3) is 0.500. The Kier molecular flexibility index (Phi) is 6.37. The number of nitrogens with one attached hydrogen (secondary N) is 1. The van der Waals surface area contributed by atoms with Crippen molar-refractivity contribution in [2.24, 2.45) is 0 Å². The molecule has 0 bridgehead atoms. The van der Waals surface area contributed by atoms with Crippen molar-refractivity contribution in [3.63, 3.8) is 0 Å². The lowest BCUT2D eigenvalue weighted by molar-refractivity contribution is 0.359. The van der Waals surface area contributed by atoms with Crippen LogP contribution in [0.15, 0.2) is 34.9 Å². The SMILES string of the molecule is CN(C)CCCCNCc1nc(Cc2ccccc2)no1. The minimum atomic E-state index is 0.643. The lowest BCUT2D eigenvalue weighted by atomic mass is 10.1. The number of hydrogen-bond donors (Lipinski definition) is 1. The van der Waals surface area contributed by atoms with Gasteiger partial charge in [0.25, 0.3) is 0 Å². The van der Waals surface area contributed by atoms with Crippen LogP contribution in [0.3, 0.4) is 0 Å². The summed E-state index contributed by atoms with van der Waals surface area (Å²) >= 11 is 0. The molecule has 1 aromatic heterocycles. The van der Waals surface area contributed by atoms with Crippen LogP contribution in [0.1, 0.15) is 30.1 Å². The fourth-order valence-corrected chi connectivity index (χ4v) is 2.09. The molecule has 0 radical (unpaired) electrons. The maximum atomic E-state index is 5.25. The topological polar surface area (TPSA) is 54.2 Å². The van der Waals surface area contributed by atoms with E-state index in [0.29, 0.717) is 18.9 Å². The van der Waals surface area contributed by atoms with E-state index in [4.69, 9.17) is 4.52 Å². The first-order valence-electron chi connectivity index (χ1n) is 7.45. The number of benzene rings is 1. The second-order valence-corrected chi connectivity index (χ2v) is 5.45. The maximum Gasteiger partial charge on any atom is 0.240 e. The molecule has 0 atom stereocenters. The second-order valence-electron chi connectivity index (χ2n) is 5.45. The van der Waals surface area contributed by atoms with E-state index in [9.17, 15) is 0 Å². The largest absolute Gasteiger partial charge is 0.338 e. The molecule has 1 heterocycles. The Morgan fingerprint density at radius 2 is 1.95 bits per heavy atom. The lowest BCUT2D eigenvalue weighted by Crippen LogP contribution is -2.18. The van der Waals surface area contributed by atoms with Crippen LogP contribution in [0.4, 0.5) is 0 Å². The van der Waals surface area contributed by atoms with Crippen LogP contribution in [0.25, 0.3) is 0 Å². The van der Waals surface area contributed by atoms with Gasteiger partial charge in [-0.25, -0.2) is 0 Å². The van der Waals surface area contributed by atoms with Crippen LogP contribution in [-0.2, 0) is 13.0 Å². The van der Waals surface area contributed by atoms with Gasteiger partial charge in [0, 0.05) is 6.42 Å². The van der Waals surface area contributed by atoms with Gasteiger partial charge in [-0.05, 0) is 45.6 Å². The molecule has 2 rings (SSSR count). The number of rotatable bonds is 9. The molecular weight excluding hydrogens is 264 g/mol. The Hall–Kier alpha value is -1.72. The highest BCUT2D eigenvalue weighted by molar-refractivity contribution is 5.18. The minimum Gasteiger partial charge on any atom is -0.338 e. The molecule has 21 heavy (non-hydrogen) atoms. The first kappa shape index (κ1) is 15.7. The van der Waals surface area contributed by atoms with Gasteiger partial charge in [0.05, 0.1) is 6.54 Å². The van der Waals surface area contributed by atoms with Crippen LogP contribution < -0.4 is 5.32 Å². The van der Waals surface area contributed by atoms with E-state index in [-0.39, 0.29) is 0 Å². The summed E-state index contributed by atoms with van der Waals surface area (Å²) in [7, 11) is 4.19. The summed E-state index contributed by atoms with van der Waals surface area (Å²) in [6.45, 7) is 2.75. The third kappa shape index (κ3) is 6.06. The van der Waals surface area contributed by atoms with E-state index in [2.05, 4.69) is 46.6 Å². The predicted molar refractivity (Wildman–Crippen MR) is 83.0 cm³/mol. The molecule has 0 saturated carbocycles. The zero-order valence-corrected chi connectivity index (χ0v) is 12.9. The number of aromatic nitrogens is 2. The molecule has 5 heteroatoms. The second kappa shape index (κ2) is 8.54. The van der Waals surface area contributed by atoms with Crippen molar-refractivity contribution in [3.8, 4) is 0 Å². The van der Waals surface area contributed by atoms with Gasteiger partial charge in [-0.1, -0.05) is 35.5 Å². The molecule has 0 unspecified atom stereocenters. The van der Waals surface area contributed by atoms with Crippen molar-refractivity contribution < 1.29 is 4.52 Å². The van der Waals surface area contributed by atoms with Crippen molar-refractivity contribution in [1.29, 1.82) is 0 Å². The summed E-state index contributed by atoms with van der Waals surface area (Å²) in [5.41, 5.74) is 1.20. The van der Waals surface area contributed by atoms with Gasteiger partial charge >= 0.3 is 0 Å². The third-order valence-electron chi connectivity index (χ3n) is 3.20. The molecule has 0 amide bonds. The highest BCUT2D eigenvalue weighted by atomic mass is 16.5. The summed E-state index contributed by atoms with van der Waals surface area (Å²) in [4.78, 5) is 6.61. The van der Waals surface area contributed by atoms with Gasteiger partial charge in [-0.15, -0.1) is 0 Å². The molecular formula is C16H24N4O. The van der Waals surface area contributed by atoms with Gasteiger partial charge < -0.3 is 14.7 Å². The quantitative estimate of drug-likeness (QED) is 0.716. The normalized spacial score (nSPS) is 11.2. The number of hydrogen-bond acceptors (Lipinski definition) is 5. The van der Waals surface area contributed by atoms with Gasteiger partial charge in [0.2, 0.25) is 5.89 Å². The van der Waals surface area contributed by atoms with Crippen LogP contribution in [-0.4, -0.2) is 42.2 Å². The van der Waals surface area contributed by atoms with E-state index >= 15 is 0 Å². The van der Waals surface area contributed by atoms with Crippen LogP contribution in [0.5, 0.6) is 0 Å². The Bertz CT molecular complexity index is 510. The molecule has 0 spiro atoms. The van der Waals surface area contributed by atoms with Crippen LogP contribution in [0.2, 0.25) is 0 Å². The van der Waals surface area contributed by atoms with E-state index < -0.39 is 0 Å². The summed E-state index contributed by atoms with van der Waals surface area (Å²) < 4.78 is 5.25. The van der Waals surface area contributed by atoms with Crippen molar-refractivity contribution >= 4 is 0 Å². The molecule has 0 fully saturated rings. The van der Waals surface area contributed by atoms with Crippen molar-refractivity contribution in [2.75, 3.05) is 27.2 Å². The van der Waals surface area contributed by atoms with E-state index in [0.717, 1.165) is 25.3 Å². The molecule has 0 aliphatic heterocycles.